The number of rotatable bonds is 5. The molecule has 2 rings (SSSR count). The van der Waals surface area contributed by atoms with E-state index in [0.717, 1.165) is 27.1 Å². The summed E-state index contributed by atoms with van der Waals surface area (Å²) in [6.45, 7) is 3.96. The zero-order chi connectivity index (χ0) is 15.4. The van der Waals surface area contributed by atoms with Gasteiger partial charge in [0.05, 0.1) is 7.11 Å². The second-order valence-electron chi connectivity index (χ2n) is 5.08. The van der Waals surface area contributed by atoms with Gasteiger partial charge in [-0.05, 0) is 55.3 Å². The number of methoxy groups -OCH3 is 1. The second kappa shape index (κ2) is 6.96. The van der Waals surface area contributed by atoms with Crippen LogP contribution in [0.4, 0.5) is 0 Å². The molecular formula is C17H20BrNO2. The van der Waals surface area contributed by atoms with Crippen molar-refractivity contribution in [2.24, 2.45) is 5.73 Å². The Bertz CT molecular complexity index is 613. The Hall–Kier alpha value is -1.52. The minimum atomic E-state index is -0.222. The van der Waals surface area contributed by atoms with Crippen LogP contribution in [0.15, 0.2) is 46.9 Å². The van der Waals surface area contributed by atoms with Gasteiger partial charge in [-0.1, -0.05) is 28.1 Å². The molecule has 2 aromatic carbocycles. The minimum absolute atomic E-state index is 0.139. The van der Waals surface area contributed by atoms with Gasteiger partial charge in [0.1, 0.15) is 17.6 Å². The molecule has 3 nitrogen and oxygen atoms in total. The van der Waals surface area contributed by atoms with Crippen LogP contribution in [-0.2, 0) is 0 Å². The monoisotopic (exact) mass is 349 g/mol. The van der Waals surface area contributed by atoms with Gasteiger partial charge in [-0.2, -0.15) is 0 Å². The van der Waals surface area contributed by atoms with Crippen molar-refractivity contribution in [1.29, 1.82) is 0 Å². The fourth-order valence-electron chi connectivity index (χ4n) is 2.18. The van der Waals surface area contributed by atoms with Crippen molar-refractivity contribution in [2.75, 3.05) is 7.11 Å². The predicted octanol–water partition coefficient (Wildman–Crippen LogP) is 4.23. The molecule has 0 aliphatic heterocycles. The SMILES string of the molecule is COc1cccc(C(Oc2ccc(Br)cc2C)C(C)N)c1. The van der Waals surface area contributed by atoms with Crippen LogP contribution in [0.1, 0.15) is 24.2 Å². The van der Waals surface area contributed by atoms with Crippen LogP contribution in [0.2, 0.25) is 0 Å². The Morgan fingerprint density at radius 3 is 2.52 bits per heavy atom. The van der Waals surface area contributed by atoms with Gasteiger partial charge in [-0.3, -0.25) is 0 Å². The molecule has 0 heterocycles. The molecule has 0 bridgehead atoms. The van der Waals surface area contributed by atoms with Crippen molar-refractivity contribution >= 4 is 15.9 Å². The third-order valence-corrected chi connectivity index (χ3v) is 3.78. The minimum Gasteiger partial charge on any atom is -0.497 e. The molecule has 0 aromatic heterocycles. The maximum Gasteiger partial charge on any atom is 0.139 e. The Kier molecular flexibility index (Phi) is 5.26. The van der Waals surface area contributed by atoms with E-state index in [9.17, 15) is 0 Å². The molecule has 2 N–H and O–H groups in total. The number of halogens is 1. The highest BCUT2D eigenvalue weighted by Crippen LogP contribution is 2.30. The summed E-state index contributed by atoms with van der Waals surface area (Å²) in [6.07, 6.45) is -0.222. The molecule has 4 heteroatoms. The zero-order valence-corrected chi connectivity index (χ0v) is 14.1. The Morgan fingerprint density at radius 1 is 1.14 bits per heavy atom. The quantitative estimate of drug-likeness (QED) is 0.878. The lowest BCUT2D eigenvalue weighted by atomic mass is 10.0. The van der Waals surface area contributed by atoms with Crippen LogP contribution in [-0.4, -0.2) is 13.2 Å². The van der Waals surface area contributed by atoms with Crippen molar-refractivity contribution in [1.82, 2.24) is 0 Å². The first-order valence-electron chi connectivity index (χ1n) is 6.83. The van der Waals surface area contributed by atoms with Crippen molar-refractivity contribution in [2.45, 2.75) is 26.0 Å². The first kappa shape index (κ1) is 15.9. The third-order valence-electron chi connectivity index (χ3n) is 3.29. The molecule has 2 unspecified atom stereocenters. The summed E-state index contributed by atoms with van der Waals surface area (Å²) in [5.74, 6) is 1.64. The van der Waals surface area contributed by atoms with E-state index < -0.39 is 0 Å². The fourth-order valence-corrected chi connectivity index (χ4v) is 2.65. The summed E-state index contributed by atoms with van der Waals surface area (Å²) in [4.78, 5) is 0. The summed E-state index contributed by atoms with van der Waals surface area (Å²) in [5.41, 5.74) is 8.19. The second-order valence-corrected chi connectivity index (χ2v) is 6.00. The molecular weight excluding hydrogens is 330 g/mol. The summed E-state index contributed by atoms with van der Waals surface area (Å²) in [7, 11) is 1.65. The fraction of sp³-hybridized carbons (Fsp3) is 0.294. The van der Waals surface area contributed by atoms with Gasteiger partial charge in [-0.25, -0.2) is 0 Å². The smallest absolute Gasteiger partial charge is 0.139 e. The van der Waals surface area contributed by atoms with Gasteiger partial charge in [0.2, 0.25) is 0 Å². The van der Waals surface area contributed by atoms with Crippen molar-refractivity contribution in [3.63, 3.8) is 0 Å². The van der Waals surface area contributed by atoms with Gasteiger partial charge < -0.3 is 15.2 Å². The van der Waals surface area contributed by atoms with E-state index in [1.54, 1.807) is 7.11 Å². The van der Waals surface area contributed by atoms with Crippen LogP contribution in [0.5, 0.6) is 11.5 Å². The topological polar surface area (TPSA) is 44.5 Å². The highest BCUT2D eigenvalue weighted by molar-refractivity contribution is 9.10. The summed E-state index contributed by atoms with van der Waals surface area (Å²) in [5, 5.41) is 0. The van der Waals surface area contributed by atoms with Gasteiger partial charge in [0.25, 0.3) is 0 Å². The Balaban J connectivity index is 2.30. The van der Waals surface area contributed by atoms with Crippen LogP contribution in [0, 0.1) is 6.92 Å². The van der Waals surface area contributed by atoms with Crippen LogP contribution in [0.25, 0.3) is 0 Å². The number of aryl methyl sites for hydroxylation is 1. The lowest BCUT2D eigenvalue weighted by molar-refractivity contribution is 0.179. The highest BCUT2D eigenvalue weighted by Gasteiger charge is 2.19. The summed E-state index contributed by atoms with van der Waals surface area (Å²) >= 11 is 3.46. The molecule has 0 amide bonds. The largest absolute Gasteiger partial charge is 0.497 e. The molecule has 0 saturated carbocycles. The van der Waals surface area contributed by atoms with E-state index in [0.29, 0.717) is 0 Å². The first-order valence-corrected chi connectivity index (χ1v) is 7.63. The predicted molar refractivity (Wildman–Crippen MR) is 88.9 cm³/mol. The average Bonchev–Trinajstić information content (AvgIpc) is 2.46. The van der Waals surface area contributed by atoms with Crippen LogP contribution < -0.4 is 15.2 Å². The van der Waals surface area contributed by atoms with Crippen molar-refractivity contribution in [3.05, 3.63) is 58.1 Å². The van der Waals surface area contributed by atoms with E-state index >= 15 is 0 Å². The van der Waals surface area contributed by atoms with Crippen LogP contribution in [0.3, 0.4) is 0 Å². The molecule has 0 radical (unpaired) electrons. The van der Waals surface area contributed by atoms with Crippen molar-refractivity contribution in [3.8, 4) is 11.5 Å². The number of hydrogen-bond acceptors (Lipinski definition) is 3. The summed E-state index contributed by atoms with van der Waals surface area (Å²) < 4.78 is 12.5. The van der Waals surface area contributed by atoms with E-state index in [1.165, 1.54) is 0 Å². The number of hydrogen-bond donors (Lipinski definition) is 1. The molecule has 0 spiro atoms. The Morgan fingerprint density at radius 2 is 1.90 bits per heavy atom. The molecule has 0 saturated heterocycles. The maximum atomic E-state index is 6.15. The van der Waals surface area contributed by atoms with E-state index in [2.05, 4.69) is 15.9 Å². The standard InChI is InChI=1S/C17H20BrNO2/c1-11-9-14(18)7-8-16(11)21-17(12(2)19)13-5-4-6-15(10-13)20-3/h4-10,12,17H,19H2,1-3H3. The normalized spacial score (nSPS) is 13.6. The first-order chi connectivity index (χ1) is 10.0. The highest BCUT2D eigenvalue weighted by atomic mass is 79.9. The lowest BCUT2D eigenvalue weighted by Crippen LogP contribution is -2.29. The third kappa shape index (κ3) is 3.99. The van der Waals surface area contributed by atoms with Crippen LogP contribution >= 0.6 is 15.9 Å². The van der Waals surface area contributed by atoms with E-state index in [-0.39, 0.29) is 12.1 Å². The number of ether oxygens (including phenoxy) is 2. The number of nitrogens with two attached hydrogens (primary N) is 1. The molecule has 2 atom stereocenters. The molecule has 0 fully saturated rings. The average molecular weight is 350 g/mol. The van der Waals surface area contributed by atoms with E-state index in [4.69, 9.17) is 15.2 Å². The van der Waals surface area contributed by atoms with Gasteiger partial charge >= 0.3 is 0 Å². The molecule has 0 aliphatic carbocycles. The zero-order valence-electron chi connectivity index (χ0n) is 12.5. The molecule has 0 aliphatic rings. The van der Waals surface area contributed by atoms with Crippen molar-refractivity contribution < 1.29 is 9.47 Å². The van der Waals surface area contributed by atoms with E-state index in [1.807, 2.05) is 56.3 Å². The van der Waals surface area contributed by atoms with Gasteiger partial charge in [0, 0.05) is 10.5 Å². The maximum absolute atomic E-state index is 6.15. The molecule has 2 aromatic rings. The Labute approximate surface area is 134 Å². The van der Waals surface area contributed by atoms with Gasteiger partial charge in [-0.15, -0.1) is 0 Å². The van der Waals surface area contributed by atoms with Gasteiger partial charge in [0.15, 0.2) is 0 Å². The molecule has 112 valence electrons. The summed E-state index contributed by atoms with van der Waals surface area (Å²) in [6, 6.07) is 13.6. The lowest BCUT2D eigenvalue weighted by Gasteiger charge is -2.24. The molecule has 21 heavy (non-hydrogen) atoms. The number of benzene rings is 2.